The molecule has 1 aromatic carbocycles. The number of carbonyl (C=O) groups excluding carboxylic acids is 4. The lowest BCUT2D eigenvalue weighted by molar-refractivity contribution is -0.150. The highest BCUT2D eigenvalue weighted by Gasteiger charge is 2.36. The summed E-state index contributed by atoms with van der Waals surface area (Å²) in [7, 11) is 0. The standard InChI is InChI=1S/C16H17NO5/c1-16(2,3)12(18)9-22-13(19)8-17-14(20)10-6-4-5-7-11(10)15(17)21/h4-7H,8-9H2,1-3H3. The first-order valence-corrected chi connectivity index (χ1v) is 6.86. The fourth-order valence-corrected chi connectivity index (χ4v) is 1.92. The van der Waals surface area contributed by atoms with Gasteiger partial charge in [-0.1, -0.05) is 32.9 Å². The van der Waals surface area contributed by atoms with Gasteiger partial charge in [0.2, 0.25) is 0 Å². The van der Waals surface area contributed by atoms with Crippen LogP contribution in [0.15, 0.2) is 24.3 Å². The smallest absolute Gasteiger partial charge is 0.326 e. The first-order valence-electron chi connectivity index (χ1n) is 6.86. The fraction of sp³-hybridized carbons (Fsp3) is 0.375. The van der Waals surface area contributed by atoms with Gasteiger partial charge in [-0.3, -0.25) is 24.1 Å². The Morgan fingerprint density at radius 2 is 1.55 bits per heavy atom. The van der Waals surface area contributed by atoms with Crippen LogP contribution in [0.1, 0.15) is 41.5 Å². The molecule has 22 heavy (non-hydrogen) atoms. The van der Waals surface area contributed by atoms with Crippen LogP contribution in [0, 0.1) is 5.41 Å². The predicted molar refractivity (Wildman–Crippen MR) is 77.2 cm³/mol. The molecule has 0 atom stereocenters. The second-order valence-electron chi connectivity index (χ2n) is 6.08. The number of benzene rings is 1. The summed E-state index contributed by atoms with van der Waals surface area (Å²) < 4.78 is 4.85. The molecule has 0 unspecified atom stereocenters. The van der Waals surface area contributed by atoms with Crippen molar-refractivity contribution in [1.29, 1.82) is 0 Å². The molecule has 0 N–H and O–H groups in total. The van der Waals surface area contributed by atoms with E-state index >= 15 is 0 Å². The summed E-state index contributed by atoms with van der Waals surface area (Å²) in [5.41, 5.74) is -0.0763. The number of imide groups is 1. The number of carbonyl (C=O) groups is 4. The first-order chi connectivity index (χ1) is 10.2. The van der Waals surface area contributed by atoms with E-state index in [1.165, 1.54) is 12.1 Å². The second kappa shape index (κ2) is 5.71. The third kappa shape index (κ3) is 3.05. The molecule has 1 aromatic rings. The maximum Gasteiger partial charge on any atom is 0.326 e. The molecule has 2 amide bonds. The summed E-state index contributed by atoms with van der Waals surface area (Å²) in [5, 5.41) is 0. The Bertz CT molecular complexity index is 622. The number of esters is 1. The highest BCUT2D eigenvalue weighted by molar-refractivity contribution is 6.22. The summed E-state index contributed by atoms with van der Waals surface area (Å²) in [4.78, 5) is 48.4. The summed E-state index contributed by atoms with van der Waals surface area (Å²) >= 11 is 0. The van der Waals surface area contributed by atoms with Crippen molar-refractivity contribution < 1.29 is 23.9 Å². The van der Waals surface area contributed by atoms with Gasteiger partial charge in [-0.25, -0.2) is 0 Å². The highest BCUT2D eigenvalue weighted by atomic mass is 16.5. The lowest BCUT2D eigenvalue weighted by Crippen LogP contribution is -2.37. The fourth-order valence-electron chi connectivity index (χ4n) is 1.92. The first kappa shape index (κ1) is 15.9. The molecule has 0 spiro atoms. The molecule has 0 fully saturated rings. The van der Waals surface area contributed by atoms with E-state index in [1.54, 1.807) is 32.9 Å². The summed E-state index contributed by atoms with van der Waals surface area (Å²) in [5.74, 6) is -2.07. The number of ether oxygens (including phenoxy) is 1. The number of amides is 2. The molecule has 0 bridgehead atoms. The van der Waals surface area contributed by atoms with Crippen LogP contribution in [-0.4, -0.2) is 41.6 Å². The lowest BCUT2D eigenvalue weighted by atomic mass is 9.91. The molecule has 2 rings (SSSR count). The number of hydrogen-bond donors (Lipinski definition) is 0. The molecule has 116 valence electrons. The molecule has 0 saturated heterocycles. The summed E-state index contributed by atoms with van der Waals surface area (Å²) in [6.07, 6.45) is 0. The van der Waals surface area contributed by atoms with Crippen molar-refractivity contribution in [3.63, 3.8) is 0 Å². The van der Waals surface area contributed by atoms with Crippen LogP contribution in [0.5, 0.6) is 0 Å². The van der Waals surface area contributed by atoms with Crippen LogP contribution in [0.4, 0.5) is 0 Å². The van der Waals surface area contributed by atoms with Gasteiger partial charge in [0.15, 0.2) is 12.4 Å². The lowest BCUT2D eigenvalue weighted by Gasteiger charge is -2.17. The summed E-state index contributed by atoms with van der Waals surface area (Å²) in [6.45, 7) is 4.28. The number of Topliss-reactive ketones (excluding diaryl/α,β-unsaturated/α-hetero) is 1. The maximum absolute atomic E-state index is 12.1. The maximum atomic E-state index is 12.1. The predicted octanol–water partition coefficient (Wildman–Crippen LogP) is 1.44. The van der Waals surface area contributed by atoms with Crippen LogP contribution in [0.25, 0.3) is 0 Å². The van der Waals surface area contributed by atoms with Crippen LogP contribution in [0.2, 0.25) is 0 Å². The van der Waals surface area contributed by atoms with E-state index in [2.05, 4.69) is 0 Å². The molecule has 1 aliphatic heterocycles. The topological polar surface area (TPSA) is 80.8 Å². The largest absolute Gasteiger partial charge is 0.456 e. The van der Waals surface area contributed by atoms with Crippen molar-refractivity contribution in [3.05, 3.63) is 35.4 Å². The SMILES string of the molecule is CC(C)(C)C(=O)COC(=O)CN1C(=O)c2ccccc2C1=O. The van der Waals surface area contributed by atoms with Crippen molar-refractivity contribution in [2.45, 2.75) is 20.8 Å². The highest BCUT2D eigenvalue weighted by Crippen LogP contribution is 2.22. The zero-order chi connectivity index (χ0) is 16.5. The van der Waals surface area contributed by atoms with Gasteiger partial charge in [0.25, 0.3) is 11.8 Å². The van der Waals surface area contributed by atoms with Gasteiger partial charge in [-0.2, -0.15) is 0 Å². The Morgan fingerprint density at radius 1 is 1.05 bits per heavy atom. The minimum atomic E-state index is -0.785. The molecule has 0 saturated carbocycles. The zero-order valence-corrected chi connectivity index (χ0v) is 12.7. The van der Waals surface area contributed by atoms with Crippen LogP contribution < -0.4 is 0 Å². The average Bonchev–Trinajstić information content (AvgIpc) is 2.69. The monoisotopic (exact) mass is 303 g/mol. The molecule has 6 nitrogen and oxygen atoms in total. The number of rotatable bonds is 4. The van der Waals surface area contributed by atoms with Crippen LogP contribution in [0.3, 0.4) is 0 Å². The van der Waals surface area contributed by atoms with Gasteiger partial charge in [-0.15, -0.1) is 0 Å². The van der Waals surface area contributed by atoms with Gasteiger partial charge in [0.1, 0.15) is 6.54 Å². The van der Waals surface area contributed by atoms with Gasteiger partial charge >= 0.3 is 5.97 Å². The van der Waals surface area contributed by atoms with E-state index in [9.17, 15) is 19.2 Å². The van der Waals surface area contributed by atoms with Gasteiger partial charge in [0, 0.05) is 5.41 Å². The Balaban J connectivity index is 1.98. The van der Waals surface area contributed by atoms with E-state index < -0.39 is 29.7 Å². The van der Waals surface area contributed by atoms with Crippen LogP contribution >= 0.6 is 0 Å². The second-order valence-corrected chi connectivity index (χ2v) is 6.08. The minimum Gasteiger partial charge on any atom is -0.456 e. The molecular formula is C16H17NO5. The van der Waals surface area contributed by atoms with E-state index in [0.717, 1.165) is 4.90 Å². The average molecular weight is 303 g/mol. The van der Waals surface area contributed by atoms with E-state index in [0.29, 0.717) is 0 Å². The Labute approximate surface area is 128 Å². The van der Waals surface area contributed by atoms with Gasteiger partial charge in [0.05, 0.1) is 11.1 Å². The molecule has 0 radical (unpaired) electrons. The molecule has 1 heterocycles. The van der Waals surface area contributed by atoms with E-state index in [-0.39, 0.29) is 23.5 Å². The molecule has 1 aliphatic rings. The molecule has 6 heteroatoms. The molecule has 0 aliphatic carbocycles. The number of hydrogen-bond acceptors (Lipinski definition) is 5. The number of fused-ring (bicyclic) bond motifs is 1. The zero-order valence-electron chi connectivity index (χ0n) is 12.7. The molecule has 0 aromatic heterocycles. The Morgan fingerprint density at radius 3 is 2.00 bits per heavy atom. The van der Waals surface area contributed by atoms with Gasteiger partial charge < -0.3 is 4.74 Å². The van der Waals surface area contributed by atoms with E-state index in [4.69, 9.17) is 4.74 Å². The summed E-state index contributed by atoms with van der Waals surface area (Å²) in [6, 6.07) is 6.36. The quantitative estimate of drug-likeness (QED) is 0.621. The van der Waals surface area contributed by atoms with Crippen molar-refractivity contribution in [3.8, 4) is 0 Å². The van der Waals surface area contributed by atoms with Crippen molar-refractivity contribution in [1.82, 2.24) is 4.90 Å². The van der Waals surface area contributed by atoms with E-state index in [1.807, 2.05) is 0 Å². The van der Waals surface area contributed by atoms with Crippen molar-refractivity contribution >= 4 is 23.6 Å². The van der Waals surface area contributed by atoms with Crippen molar-refractivity contribution in [2.75, 3.05) is 13.2 Å². The minimum absolute atomic E-state index is 0.233. The third-order valence-corrected chi connectivity index (χ3v) is 3.37. The third-order valence-electron chi connectivity index (χ3n) is 3.37. The number of ketones is 1. The van der Waals surface area contributed by atoms with Gasteiger partial charge in [-0.05, 0) is 12.1 Å². The molecular weight excluding hydrogens is 286 g/mol. The normalized spacial score (nSPS) is 14.0. The number of nitrogens with zero attached hydrogens (tertiary/aromatic N) is 1. The Kier molecular flexibility index (Phi) is 4.12. The van der Waals surface area contributed by atoms with Crippen molar-refractivity contribution in [2.24, 2.45) is 5.41 Å². The van der Waals surface area contributed by atoms with Crippen LogP contribution in [-0.2, 0) is 14.3 Å². The Hall–Kier alpha value is -2.50.